The van der Waals surface area contributed by atoms with Gasteiger partial charge in [0, 0.05) is 37.4 Å². The van der Waals surface area contributed by atoms with Gasteiger partial charge in [-0.15, -0.1) is 0 Å². The van der Waals surface area contributed by atoms with Crippen molar-refractivity contribution >= 4 is 44.9 Å². The molecule has 306 valence electrons. The highest BCUT2D eigenvalue weighted by Gasteiger charge is 2.64. The zero-order valence-electron chi connectivity index (χ0n) is 32.2. The number of hydrogen-bond donors (Lipinski definition) is 4. The van der Waals surface area contributed by atoms with Gasteiger partial charge in [0.25, 0.3) is 5.91 Å². The van der Waals surface area contributed by atoms with E-state index in [0.29, 0.717) is 41.7 Å². The van der Waals surface area contributed by atoms with Gasteiger partial charge in [-0.05, 0) is 56.6 Å². The fourth-order valence-corrected chi connectivity index (χ4v) is 9.28. The minimum absolute atomic E-state index is 0.00780. The molecule has 0 unspecified atom stereocenters. The van der Waals surface area contributed by atoms with Crippen LogP contribution < -0.4 is 24.8 Å². The molecule has 16 nitrogen and oxygen atoms in total. The first-order valence-electron chi connectivity index (χ1n) is 19.0. The summed E-state index contributed by atoms with van der Waals surface area (Å²) >= 11 is 0. The molecule has 6 rings (SSSR count). The lowest BCUT2D eigenvalue weighted by Crippen LogP contribution is -2.60. The number of fused-ring (bicyclic) bond motifs is 3. The Bertz CT molecular complexity index is 1990. The number of alkyl halides is 1. The molecule has 0 bridgehead atoms. The Balaban J connectivity index is 1.38. The number of ether oxygens (including phenoxy) is 3. The molecule has 2 aliphatic carbocycles. The van der Waals surface area contributed by atoms with Crippen LogP contribution in [0.2, 0.25) is 0 Å². The molecule has 0 spiro atoms. The molecule has 4 aliphatic rings. The van der Waals surface area contributed by atoms with Crippen molar-refractivity contribution in [2.75, 3.05) is 34.0 Å². The van der Waals surface area contributed by atoms with Crippen molar-refractivity contribution in [1.82, 2.24) is 30.2 Å². The van der Waals surface area contributed by atoms with Gasteiger partial charge in [0.15, 0.2) is 0 Å². The molecule has 3 fully saturated rings. The predicted molar refractivity (Wildman–Crippen MR) is 201 cm³/mol. The average molecular weight is 803 g/mol. The van der Waals surface area contributed by atoms with Crippen LogP contribution in [0.1, 0.15) is 77.3 Å². The number of aromatic nitrogens is 2. The molecule has 2 saturated carbocycles. The summed E-state index contributed by atoms with van der Waals surface area (Å²) in [6, 6.07) is 2.66. The van der Waals surface area contributed by atoms with Crippen LogP contribution in [0.25, 0.3) is 11.0 Å². The first kappa shape index (κ1) is 41.1. The third-order valence-electron chi connectivity index (χ3n) is 11.4. The van der Waals surface area contributed by atoms with Crippen LogP contribution in [0.3, 0.4) is 0 Å². The molecule has 7 atom stereocenters. The number of carbonyl (C=O) groups is 4. The number of sulfonamides is 1. The summed E-state index contributed by atoms with van der Waals surface area (Å²) in [5.74, 6) is -3.02. The van der Waals surface area contributed by atoms with E-state index in [1.807, 2.05) is 26.8 Å². The van der Waals surface area contributed by atoms with Crippen LogP contribution in [0.4, 0.5) is 9.18 Å². The molecule has 1 aromatic heterocycles. The van der Waals surface area contributed by atoms with E-state index in [9.17, 15) is 37.1 Å². The maximum atomic E-state index is 14.7. The van der Waals surface area contributed by atoms with E-state index in [1.54, 1.807) is 24.3 Å². The van der Waals surface area contributed by atoms with Gasteiger partial charge in [0.1, 0.15) is 46.6 Å². The molecular weight excluding hydrogens is 752 g/mol. The smallest absolute Gasteiger partial charge is 0.405 e. The maximum Gasteiger partial charge on any atom is 0.405 e. The Labute approximate surface area is 325 Å². The minimum atomic E-state index is -4.41. The normalized spacial score (nSPS) is 29.0. The number of methoxy groups -OCH3 is 2. The maximum absolute atomic E-state index is 14.7. The second kappa shape index (κ2) is 16.1. The number of halogens is 1. The first-order chi connectivity index (χ1) is 26.6. The summed E-state index contributed by atoms with van der Waals surface area (Å²) in [7, 11) is -1.42. The molecule has 1 saturated heterocycles. The number of nitrogens with zero attached hydrogens (tertiary/aromatic N) is 3. The number of hydrogen-bond acceptors (Lipinski definition) is 11. The Hall–Kier alpha value is -4.58. The van der Waals surface area contributed by atoms with E-state index in [4.69, 9.17) is 24.2 Å². The second-order valence-electron chi connectivity index (χ2n) is 15.9. The Morgan fingerprint density at radius 2 is 1.89 bits per heavy atom. The number of carboxylic acid groups (broad SMARTS) is 1. The van der Waals surface area contributed by atoms with Gasteiger partial charge in [-0.2, -0.15) is 0 Å². The van der Waals surface area contributed by atoms with Crippen LogP contribution in [0.15, 0.2) is 30.4 Å². The standard InChI is InChI=1S/C38H51FN6O10S/c1-21(2)30-33(41-28-15-25(54-5)10-11-27(28)40-30)55-26-16-29-32(46)43-38(35(48)44-56(51,52)37(20-39)12-13-37)17-24(38)9-7-6-8-22(3)14-23(19-53-4)31(42-36(49)50)34(47)45(29)18-26/h7,9-11,15,21-24,26,29,31,42H,6,8,12-14,16-20H2,1-5H3,(H,43,46)(H,44,48)(H,49,50)/t22-,23-,24+,26+,29-,31-,38+/m0/s1. The summed E-state index contributed by atoms with van der Waals surface area (Å²) < 4.78 is 57.9. The number of rotatable bonds is 11. The molecule has 4 N–H and O–H groups in total. The minimum Gasteiger partial charge on any atom is -0.497 e. The lowest BCUT2D eigenvalue weighted by atomic mass is 9.87. The van der Waals surface area contributed by atoms with Crippen molar-refractivity contribution in [3.8, 4) is 11.6 Å². The second-order valence-corrected chi connectivity index (χ2v) is 18.0. The Kier molecular flexibility index (Phi) is 11.8. The van der Waals surface area contributed by atoms with Crippen molar-refractivity contribution in [3.05, 3.63) is 36.0 Å². The number of benzene rings is 1. The molecule has 3 heterocycles. The SMILES string of the molecule is COC[C@@H]1C[C@@H](C)CCC=C[C@@H]2C[C@@]2(C(=O)NS(=O)(=O)C2(CF)CC2)NC(=O)[C@@H]2C[C@@H](Oc3nc4cc(OC)ccc4nc3C(C)C)CN2C(=O)[C@H]1NC(=O)O. The van der Waals surface area contributed by atoms with E-state index in [2.05, 4.69) is 15.4 Å². The fraction of sp³-hybridized carbons (Fsp3) is 0.632. The van der Waals surface area contributed by atoms with E-state index in [1.165, 1.54) is 19.1 Å². The first-order valence-corrected chi connectivity index (χ1v) is 20.5. The zero-order chi connectivity index (χ0) is 40.6. The average Bonchev–Trinajstić information content (AvgIpc) is 4.05. The largest absolute Gasteiger partial charge is 0.497 e. The van der Waals surface area contributed by atoms with Crippen molar-refractivity contribution < 1.29 is 51.3 Å². The van der Waals surface area contributed by atoms with Crippen molar-refractivity contribution in [2.24, 2.45) is 17.8 Å². The summed E-state index contributed by atoms with van der Waals surface area (Å²) in [6.45, 7) is 4.57. The monoisotopic (exact) mass is 802 g/mol. The van der Waals surface area contributed by atoms with E-state index < -0.39 is 80.8 Å². The molecule has 2 aliphatic heterocycles. The van der Waals surface area contributed by atoms with Gasteiger partial charge in [0.2, 0.25) is 27.7 Å². The molecule has 0 radical (unpaired) electrons. The van der Waals surface area contributed by atoms with Crippen LogP contribution in [-0.2, 0) is 29.1 Å². The van der Waals surface area contributed by atoms with Gasteiger partial charge in [0.05, 0.1) is 31.3 Å². The van der Waals surface area contributed by atoms with Crippen molar-refractivity contribution in [1.29, 1.82) is 0 Å². The van der Waals surface area contributed by atoms with Gasteiger partial charge >= 0.3 is 6.09 Å². The van der Waals surface area contributed by atoms with Gasteiger partial charge in [-0.25, -0.2) is 27.6 Å². The summed E-state index contributed by atoms with van der Waals surface area (Å²) in [5.41, 5.74) is -0.0655. The number of allylic oxidation sites excluding steroid dienone is 1. The molecule has 2 aromatic rings. The Morgan fingerprint density at radius 3 is 2.54 bits per heavy atom. The number of nitrogens with one attached hydrogen (secondary N) is 3. The molecular formula is C38H51FN6O10S. The van der Waals surface area contributed by atoms with Crippen molar-refractivity contribution in [2.45, 2.75) is 100 Å². The topological polar surface area (TPSA) is 215 Å². The lowest BCUT2D eigenvalue weighted by Gasteiger charge is -2.33. The van der Waals surface area contributed by atoms with E-state index in [0.717, 1.165) is 0 Å². The summed E-state index contributed by atoms with van der Waals surface area (Å²) in [4.78, 5) is 66.0. The molecule has 1 aromatic carbocycles. The van der Waals surface area contributed by atoms with Crippen LogP contribution in [-0.4, -0.2) is 115 Å². The van der Waals surface area contributed by atoms with Crippen molar-refractivity contribution in [3.63, 3.8) is 0 Å². The molecule has 4 amide bonds. The van der Waals surface area contributed by atoms with Crippen LogP contribution in [0.5, 0.6) is 11.6 Å². The fourth-order valence-electron chi connectivity index (χ4n) is 7.86. The van der Waals surface area contributed by atoms with Crippen LogP contribution in [0, 0.1) is 17.8 Å². The third-order valence-corrected chi connectivity index (χ3v) is 13.6. The third kappa shape index (κ3) is 8.26. The van der Waals surface area contributed by atoms with Crippen LogP contribution >= 0.6 is 0 Å². The quantitative estimate of drug-likeness (QED) is 0.241. The summed E-state index contributed by atoms with van der Waals surface area (Å²) in [5, 5.41) is 15.1. The molecule has 56 heavy (non-hydrogen) atoms. The highest BCUT2D eigenvalue weighted by atomic mass is 32.2. The zero-order valence-corrected chi connectivity index (χ0v) is 33.1. The lowest BCUT2D eigenvalue weighted by molar-refractivity contribution is -0.142. The van der Waals surface area contributed by atoms with E-state index >= 15 is 0 Å². The highest BCUT2D eigenvalue weighted by molar-refractivity contribution is 7.91. The van der Waals surface area contributed by atoms with Gasteiger partial charge in [-0.3, -0.25) is 19.1 Å². The van der Waals surface area contributed by atoms with Gasteiger partial charge in [-0.1, -0.05) is 32.9 Å². The van der Waals surface area contributed by atoms with E-state index in [-0.39, 0.29) is 56.6 Å². The molecule has 18 heteroatoms. The Morgan fingerprint density at radius 1 is 1.14 bits per heavy atom. The number of amides is 4. The highest BCUT2D eigenvalue weighted by Crippen LogP contribution is 2.48. The predicted octanol–water partition coefficient (Wildman–Crippen LogP) is 3.21. The number of carbonyl (C=O) groups excluding carboxylic acids is 3. The van der Waals surface area contributed by atoms with Gasteiger partial charge < -0.3 is 34.9 Å². The summed E-state index contributed by atoms with van der Waals surface area (Å²) in [6.07, 6.45) is 3.11.